The van der Waals surface area contributed by atoms with E-state index in [0.717, 1.165) is 32.0 Å². The number of amides is 1. The van der Waals surface area contributed by atoms with Gasteiger partial charge in [0.05, 0.1) is 6.61 Å². The molecular weight excluding hydrogens is 515 g/mol. The Kier molecular flexibility index (Phi) is 11.5. The van der Waals surface area contributed by atoms with Crippen LogP contribution in [0.15, 0.2) is 59.6 Å². The average molecular weight is 550 g/mol. The standard InChI is InChI=1S/C25H34N4O2.HI/c1-3-31-19-23-12-8-7-11-22(23)17-28-25(26-2)27-16-21-15-24(30)29(18-21)14-13-20-9-5-4-6-10-20;/h4-12,21H,3,13-19H2,1-2H3,(H2,26,27,28);1H. The highest BCUT2D eigenvalue weighted by atomic mass is 127. The molecule has 1 aliphatic heterocycles. The number of hydrogen-bond donors (Lipinski definition) is 2. The Morgan fingerprint density at radius 2 is 1.81 bits per heavy atom. The number of hydrogen-bond acceptors (Lipinski definition) is 3. The maximum absolute atomic E-state index is 12.4. The Hall–Kier alpha value is -2.13. The van der Waals surface area contributed by atoms with Gasteiger partial charge in [-0.3, -0.25) is 9.79 Å². The third-order valence-electron chi connectivity index (χ3n) is 5.62. The summed E-state index contributed by atoms with van der Waals surface area (Å²) in [6, 6.07) is 18.6. The first-order valence-electron chi connectivity index (χ1n) is 11.1. The second-order valence-corrected chi connectivity index (χ2v) is 7.86. The Morgan fingerprint density at radius 1 is 1.09 bits per heavy atom. The van der Waals surface area contributed by atoms with Gasteiger partial charge in [0.2, 0.25) is 5.91 Å². The van der Waals surface area contributed by atoms with Crippen molar-refractivity contribution in [3.63, 3.8) is 0 Å². The molecule has 0 radical (unpaired) electrons. The number of aliphatic imine (C=N–C) groups is 1. The van der Waals surface area contributed by atoms with Crippen molar-refractivity contribution in [1.82, 2.24) is 15.5 Å². The summed E-state index contributed by atoms with van der Waals surface area (Å²) in [5, 5.41) is 6.77. The molecule has 6 nitrogen and oxygen atoms in total. The van der Waals surface area contributed by atoms with Crippen LogP contribution in [0.3, 0.4) is 0 Å². The summed E-state index contributed by atoms with van der Waals surface area (Å²) in [5.74, 6) is 1.30. The van der Waals surface area contributed by atoms with Crippen LogP contribution in [0.1, 0.15) is 30.0 Å². The topological polar surface area (TPSA) is 66.0 Å². The Balaban J connectivity index is 0.00000363. The summed E-state index contributed by atoms with van der Waals surface area (Å²) < 4.78 is 5.57. The number of carbonyl (C=O) groups is 1. The molecule has 1 fully saturated rings. The van der Waals surface area contributed by atoms with E-state index in [2.05, 4.69) is 39.9 Å². The number of nitrogens with one attached hydrogen (secondary N) is 2. The minimum atomic E-state index is 0. The molecule has 1 amide bonds. The van der Waals surface area contributed by atoms with Gasteiger partial charge in [0.1, 0.15) is 0 Å². The highest BCUT2D eigenvalue weighted by molar-refractivity contribution is 14.0. The van der Waals surface area contributed by atoms with Crippen LogP contribution in [0.4, 0.5) is 0 Å². The molecule has 1 saturated heterocycles. The van der Waals surface area contributed by atoms with E-state index in [1.54, 1.807) is 7.05 Å². The van der Waals surface area contributed by atoms with E-state index in [9.17, 15) is 4.79 Å². The van der Waals surface area contributed by atoms with E-state index < -0.39 is 0 Å². The van der Waals surface area contributed by atoms with Crippen molar-refractivity contribution in [2.45, 2.75) is 32.9 Å². The van der Waals surface area contributed by atoms with Crippen molar-refractivity contribution in [3.8, 4) is 0 Å². The van der Waals surface area contributed by atoms with E-state index in [4.69, 9.17) is 4.74 Å². The SMILES string of the molecule is CCOCc1ccccc1CNC(=NC)NCC1CC(=O)N(CCc2ccccc2)C1.I. The fraction of sp³-hybridized carbons (Fsp3) is 0.440. The normalized spacial score (nSPS) is 16.1. The number of guanidine groups is 1. The van der Waals surface area contributed by atoms with Crippen LogP contribution in [0.5, 0.6) is 0 Å². The summed E-state index contributed by atoms with van der Waals surface area (Å²) in [6.45, 7) is 6.30. The lowest BCUT2D eigenvalue weighted by atomic mass is 10.1. The maximum Gasteiger partial charge on any atom is 0.223 e. The fourth-order valence-corrected chi connectivity index (χ4v) is 3.84. The molecule has 1 heterocycles. The third kappa shape index (κ3) is 8.09. The number of nitrogens with zero attached hydrogens (tertiary/aromatic N) is 2. The number of likely N-dealkylation sites (tertiary alicyclic amines) is 1. The number of ether oxygens (including phenoxy) is 1. The van der Waals surface area contributed by atoms with Crippen molar-refractivity contribution in [1.29, 1.82) is 0 Å². The minimum absolute atomic E-state index is 0. The van der Waals surface area contributed by atoms with Crippen molar-refractivity contribution in [2.24, 2.45) is 10.9 Å². The van der Waals surface area contributed by atoms with Gasteiger partial charge in [-0.05, 0) is 30.0 Å². The Labute approximate surface area is 208 Å². The van der Waals surface area contributed by atoms with Crippen LogP contribution in [0, 0.1) is 5.92 Å². The fourth-order valence-electron chi connectivity index (χ4n) is 3.84. The van der Waals surface area contributed by atoms with Crippen molar-refractivity contribution >= 4 is 35.8 Å². The van der Waals surface area contributed by atoms with Gasteiger partial charge in [-0.1, -0.05) is 54.6 Å². The number of halogens is 1. The average Bonchev–Trinajstić information content (AvgIpc) is 3.17. The van der Waals surface area contributed by atoms with Gasteiger partial charge in [0, 0.05) is 52.2 Å². The van der Waals surface area contributed by atoms with E-state index in [1.165, 1.54) is 16.7 Å². The minimum Gasteiger partial charge on any atom is -0.377 e. The lowest BCUT2D eigenvalue weighted by Crippen LogP contribution is -2.40. The van der Waals surface area contributed by atoms with Crippen LogP contribution in [-0.4, -0.2) is 50.1 Å². The zero-order valence-electron chi connectivity index (χ0n) is 19.0. The first-order valence-corrected chi connectivity index (χ1v) is 11.1. The predicted molar refractivity (Wildman–Crippen MR) is 140 cm³/mol. The first-order chi connectivity index (χ1) is 15.2. The predicted octanol–water partition coefficient (Wildman–Crippen LogP) is 3.60. The van der Waals surface area contributed by atoms with Gasteiger partial charge >= 0.3 is 0 Å². The Bertz CT molecular complexity index is 860. The van der Waals surface area contributed by atoms with Gasteiger partial charge < -0.3 is 20.3 Å². The lowest BCUT2D eigenvalue weighted by Gasteiger charge is -2.18. The molecule has 2 N–H and O–H groups in total. The summed E-state index contributed by atoms with van der Waals surface area (Å²) in [4.78, 5) is 18.7. The maximum atomic E-state index is 12.4. The van der Waals surface area contributed by atoms with Gasteiger partial charge in [0.15, 0.2) is 5.96 Å². The van der Waals surface area contributed by atoms with Crippen LogP contribution < -0.4 is 10.6 Å². The molecule has 1 atom stereocenters. The molecule has 174 valence electrons. The summed E-state index contributed by atoms with van der Waals surface area (Å²) in [6.07, 6.45) is 1.49. The molecule has 1 aliphatic rings. The van der Waals surface area contributed by atoms with E-state index in [0.29, 0.717) is 32.1 Å². The van der Waals surface area contributed by atoms with Crippen LogP contribution in [0.25, 0.3) is 0 Å². The van der Waals surface area contributed by atoms with Crippen LogP contribution in [0.2, 0.25) is 0 Å². The summed E-state index contributed by atoms with van der Waals surface area (Å²) >= 11 is 0. The van der Waals surface area contributed by atoms with Crippen molar-refractivity contribution in [2.75, 3.05) is 33.3 Å². The monoisotopic (exact) mass is 550 g/mol. The van der Waals surface area contributed by atoms with Gasteiger partial charge in [-0.2, -0.15) is 0 Å². The van der Waals surface area contributed by atoms with Gasteiger partial charge in [-0.25, -0.2) is 0 Å². The van der Waals surface area contributed by atoms with E-state index in [-0.39, 0.29) is 29.9 Å². The van der Waals surface area contributed by atoms with Gasteiger partial charge in [0.25, 0.3) is 0 Å². The zero-order valence-corrected chi connectivity index (χ0v) is 21.4. The molecule has 32 heavy (non-hydrogen) atoms. The van der Waals surface area contributed by atoms with Crippen LogP contribution in [-0.2, 0) is 29.1 Å². The van der Waals surface area contributed by atoms with Crippen molar-refractivity contribution in [3.05, 3.63) is 71.3 Å². The molecule has 7 heteroatoms. The van der Waals surface area contributed by atoms with Gasteiger partial charge in [-0.15, -0.1) is 24.0 Å². The largest absolute Gasteiger partial charge is 0.377 e. The number of benzene rings is 2. The highest BCUT2D eigenvalue weighted by Gasteiger charge is 2.29. The second-order valence-electron chi connectivity index (χ2n) is 7.86. The second kappa shape index (κ2) is 14.1. The Morgan fingerprint density at radius 3 is 2.53 bits per heavy atom. The highest BCUT2D eigenvalue weighted by Crippen LogP contribution is 2.17. The third-order valence-corrected chi connectivity index (χ3v) is 5.62. The quantitative estimate of drug-likeness (QED) is 0.270. The summed E-state index contributed by atoms with van der Waals surface area (Å²) in [5.41, 5.74) is 3.65. The van der Waals surface area contributed by atoms with E-state index in [1.807, 2.05) is 42.2 Å². The number of carbonyl (C=O) groups excluding carboxylic acids is 1. The first kappa shape index (κ1) is 26.1. The molecule has 2 aromatic carbocycles. The smallest absolute Gasteiger partial charge is 0.223 e. The molecule has 3 rings (SSSR count). The molecular formula is C25H35IN4O2. The molecule has 0 aliphatic carbocycles. The van der Waals surface area contributed by atoms with E-state index >= 15 is 0 Å². The molecule has 0 bridgehead atoms. The molecule has 0 aromatic heterocycles. The van der Waals surface area contributed by atoms with Crippen LogP contribution >= 0.6 is 24.0 Å². The molecule has 2 aromatic rings. The summed E-state index contributed by atoms with van der Waals surface area (Å²) in [7, 11) is 1.77. The number of rotatable bonds is 10. The molecule has 1 unspecified atom stereocenters. The lowest BCUT2D eigenvalue weighted by molar-refractivity contribution is -0.127. The van der Waals surface area contributed by atoms with Crippen molar-refractivity contribution < 1.29 is 9.53 Å². The molecule has 0 spiro atoms. The zero-order chi connectivity index (χ0) is 21.9. The molecule has 0 saturated carbocycles.